The fraction of sp³-hybridized carbons (Fsp3) is 0.417. The van der Waals surface area contributed by atoms with Crippen LogP contribution in [0.5, 0.6) is 0 Å². The van der Waals surface area contributed by atoms with Crippen molar-refractivity contribution in [2.24, 2.45) is 5.73 Å². The van der Waals surface area contributed by atoms with E-state index in [4.69, 9.17) is 11.0 Å². The molecule has 78 valence electrons. The molecule has 3 nitrogen and oxygen atoms in total. The predicted molar refractivity (Wildman–Crippen MR) is 60.4 cm³/mol. The summed E-state index contributed by atoms with van der Waals surface area (Å²) in [6.07, 6.45) is 0.884. The minimum atomic E-state index is 0.0181. The molecule has 0 unspecified atom stereocenters. The first kappa shape index (κ1) is 10.0. The summed E-state index contributed by atoms with van der Waals surface area (Å²) >= 11 is 0. The molecule has 0 aliphatic carbocycles. The number of nitrogens with zero attached hydrogens (tertiary/aromatic N) is 1. The van der Waals surface area contributed by atoms with Crippen molar-refractivity contribution in [3.63, 3.8) is 0 Å². The van der Waals surface area contributed by atoms with Gasteiger partial charge in [0.05, 0.1) is 11.6 Å². The summed E-state index contributed by atoms with van der Waals surface area (Å²) in [7, 11) is 0. The molecular formula is C12H15N3. The van der Waals surface area contributed by atoms with Crippen LogP contribution in [0, 0.1) is 11.3 Å². The molecule has 0 saturated carbocycles. The Labute approximate surface area is 89.9 Å². The lowest BCUT2D eigenvalue weighted by Crippen LogP contribution is -2.39. The van der Waals surface area contributed by atoms with Crippen molar-refractivity contribution < 1.29 is 0 Å². The maximum Gasteiger partial charge on any atom is 0.0991 e. The molecule has 1 aliphatic heterocycles. The third-order valence-corrected chi connectivity index (χ3v) is 2.78. The van der Waals surface area contributed by atoms with Gasteiger partial charge in [0.1, 0.15) is 0 Å². The highest BCUT2D eigenvalue weighted by molar-refractivity contribution is 5.59. The van der Waals surface area contributed by atoms with Crippen molar-refractivity contribution in [2.45, 2.75) is 31.8 Å². The molecule has 0 aromatic heterocycles. The Kier molecular flexibility index (Phi) is 2.17. The summed E-state index contributed by atoms with van der Waals surface area (Å²) in [6.45, 7) is 4.27. The SMILES string of the molecule is CC1(C)C[C@H](N)c2cc(C#N)ccc2N1. The van der Waals surface area contributed by atoms with E-state index in [1.807, 2.05) is 18.2 Å². The first-order valence-corrected chi connectivity index (χ1v) is 5.10. The normalized spacial score (nSPS) is 22.4. The van der Waals surface area contributed by atoms with Crippen LogP contribution in [0.3, 0.4) is 0 Å². The van der Waals surface area contributed by atoms with Crippen molar-refractivity contribution in [3.8, 4) is 6.07 Å². The summed E-state index contributed by atoms with van der Waals surface area (Å²) in [6, 6.07) is 7.79. The topological polar surface area (TPSA) is 61.8 Å². The smallest absolute Gasteiger partial charge is 0.0991 e. The molecule has 0 bridgehead atoms. The van der Waals surface area contributed by atoms with Gasteiger partial charge < -0.3 is 11.1 Å². The minimum Gasteiger partial charge on any atom is -0.380 e. The van der Waals surface area contributed by atoms with Gasteiger partial charge in [-0.15, -0.1) is 0 Å². The van der Waals surface area contributed by atoms with Crippen molar-refractivity contribution in [2.75, 3.05) is 5.32 Å². The molecule has 2 rings (SSSR count). The Morgan fingerprint density at radius 3 is 2.93 bits per heavy atom. The molecule has 1 aliphatic rings. The number of nitrogens with two attached hydrogens (primary N) is 1. The van der Waals surface area contributed by atoms with Crippen LogP contribution in [0.25, 0.3) is 0 Å². The van der Waals surface area contributed by atoms with Crippen LogP contribution < -0.4 is 11.1 Å². The van der Waals surface area contributed by atoms with Crippen LogP contribution in [0.1, 0.15) is 37.4 Å². The van der Waals surface area contributed by atoms with Gasteiger partial charge in [-0.1, -0.05) is 0 Å². The van der Waals surface area contributed by atoms with E-state index in [2.05, 4.69) is 25.2 Å². The molecule has 0 fully saturated rings. The van der Waals surface area contributed by atoms with Crippen molar-refractivity contribution in [1.82, 2.24) is 0 Å². The number of benzene rings is 1. The molecule has 0 spiro atoms. The zero-order valence-corrected chi connectivity index (χ0v) is 9.04. The molecule has 1 aromatic rings. The predicted octanol–water partition coefficient (Wildman–Crippen LogP) is 2.15. The van der Waals surface area contributed by atoms with Gasteiger partial charge in [0.2, 0.25) is 0 Å². The number of fused-ring (bicyclic) bond motifs is 1. The molecule has 15 heavy (non-hydrogen) atoms. The van der Waals surface area contributed by atoms with Crippen LogP contribution >= 0.6 is 0 Å². The van der Waals surface area contributed by atoms with Crippen LogP contribution in [-0.4, -0.2) is 5.54 Å². The largest absolute Gasteiger partial charge is 0.380 e. The molecule has 3 N–H and O–H groups in total. The second-order valence-corrected chi connectivity index (χ2v) is 4.73. The van der Waals surface area contributed by atoms with E-state index >= 15 is 0 Å². The Balaban J connectivity index is 2.47. The third kappa shape index (κ3) is 1.81. The lowest BCUT2D eigenvalue weighted by atomic mass is 9.85. The van der Waals surface area contributed by atoms with Gasteiger partial charge in [-0.3, -0.25) is 0 Å². The minimum absolute atomic E-state index is 0.0181. The molecule has 1 atom stereocenters. The Morgan fingerprint density at radius 1 is 1.53 bits per heavy atom. The molecule has 0 radical (unpaired) electrons. The second-order valence-electron chi connectivity index (χ2n) is 4.73. The summed E-state index contributed by atoms with van der Waals surface area (Å²) in [4.78, 5) is 0. The van der Waals surface area contributed by atoms with Crippen LogP contribution in [-0.2, 0) is 0 Å². The van der Waals surface area contributed by atoms with Crippen molar-refractivity contribution in [3.05, 3.63) is 29.3 Å². The van der Waals surface area contributed by atoms with Gasteiger partial charge in [0.25, 0.3) is 0 Å². The fourth-order valence-corrected chi connectivity index (χ4v) is 2.13. The number of nitriles is 1. The monoisotopic (exact) mass is 201 g/mol. The van der Waals surface area contributed by atoms with Crippen LogP contribution in [0.15, 0.2) is 18.2 Å². The first-order valence-electron chi connectivity index (χ1n) is 5.10. The third-order valence-electron chi connectivity index (χ3n) is 2.78. The highest BCUT2D eigenvalue weighted by atomic mass is 15.0. The molecule has 0 saturated heterocycles. The fourth-order valence-electron chi connectivity index (χ4n) is 2.13. The van der Waals surface area contributed by atoms with E-state index in [1.165, 1.54) is 0 Å². The van der Waals surface area contributed by atoms with E-state index in [9.17, 15) is 0 Å². The van der Waals surface area contributed by atoms with Gasteiger partial charge >= 0.3 is 0 Å². The van der Waals surface area contributed by atoms with E-state index < -0.39 is 0 Å². The number of nitrogens with one attached hydrogen (secondary N) is 1. The zero-order chi connectivity index (χ0) is 11.1. The van der Waals surface area contributed by atoms with E-state index in [0.717, 1.165) is 17.7 Å². The van der Waals surface area contributed by atoms with E-state index in [1.54, 1.807) is 0 Å². The van der Waals surface area contributed by atoms with Crippen molar-refractivity contribution in [1.29, 1.82) is 5.26 Å². The number of hydrogen-bond donors (Lipinski definition) is 2. The van der Waals surface area contributed by atoms with E-state index in [0.29, 0.717) is 5.56 Å². The standard InChI is InChI=1S/C12H15N3/c1-12(2)6-10(14)9-5-8(7-13)3-4-11(9)15-12/h3-5,10,15H,6,14H2,1-2H3/t10-/m0/s1. The second kappa shape index (κ2) is 3.25. The summed E-state index contributed by atoms with van der Waals surface area (Å²) in [5.74, 6) is 0. The first-order chi connectivity index (χ1) is 7.02. The highest BCUT2D eigenvalue weighted by Gasteiger charge is 2.29. The van der Waals surface area contributed by atoms with Gasteiger partial charge in [-0.05, 0) is 44.0 Å². The van der Waals surface area contributed by atoms with Gasteiger partial charge in [0.15, 0.2) is 0 Å². The van der Waals surface area contributed by atoms with Gasteiger partial charge in [-0.2, -0.15) is 5.26 Å². The van der Waals surface area contributed by atoms with E-state index in [-0.39, 0.29) is 11.6 Å². The average Bonchev–Trinajstić information content (AvgIpc) is 2.15. The Morgan fingerprint density at radius 2 is 2.27 bits per heavy atom. The summed E-state index contributed by atoms with van der Waals surface area (Å²) in [5, 5.41) is 12.2. The Hall–Kier alpha value is -1.53. The molecule has 3 heteroatoms. The summed E-state index contributed by atoms with van der Waals surface area (Å²) < 4.78 is 0. The zero-order valence-electron chi connectivity index (χ0n) is 9.04. The number of anilines is 1. The molecule has 0 amide bonds. The maximum absolute atomic E-state index is 8.82. The average molecular weight is 201 g/mol. The van der Waals surface area contributed by atoms with Gasteiger partial charge in [-0.25, -0.2) is 0 Å². The molecule has 1 aromatic carbocycles. The number of hydrogen-bond acceptors (Lipinski definition) is 3. The quantitative estimate of drug-likeness (QED) is 0.676. The Bertz CT molecular complexity index is 429. The highest BCUT2D eigenvalue weighted by Crippen LogP contribution is 2.36. The van der Waals surface area contributed by atoms with Crippen molar-refractivity contribution >= 4 is 5.69 Å². The molecule has 1 heterocycles. The molecular weight excluding hydrogens is 186 g/mol. The maximum atomic E-state index is 8.82. The van der Waals surface area contributed by atoms with Crippen LogP contribution in [0.2, 0.25) is 0 Å². The van der Waals surface area contributed by atoms with Gasteiger partial charge in [0, 0.05) is 17.3 Å². The van der Waals surface area contributed by atoms with Crippen LogP contribution in [0.4, 0.5) is 5.69 Å². The lowest BCUT2D eigenvalue weighted by molar-refractivity contribution is 0.444. The lowest BCUT2D eigenvalue weighted by Gasteiger charge is -2.37. The number of rotatable bonds is 0. The summed E-state index contributed by atoms with van der Waals surface area (Å²) in [5.41, 5.74) is 8.90.